The first-order valence-corrected chi connectivity index (χ1v) is 6.13. The van der Waals surface area contributed by atoms with Gasteiger partial charge in [0.1, 0.15) is 0 Å². The first-order valence-electron chi connectivity index (χ1n) is 6.13. The smallest absolute Gasteiger partial charge is 0.272 e. The highest BCUT2D eigenvalue weighted by molar-refractivity contribution is 5.94. The monoisotopic (exact) mass is 272 g/mol. The molecule has 0 saturated heterocycles. The van der Waals surface area contributed by atoms with Crippen LogP contribution in [0.2, 0.25) is 0 Å². The third kappa shape index (κ3) is 3.03. The van der Waals surface area contributed by atoms with Crippen molar-refractivity contribution in [2.45, 2.75) is 45.7 Å². The van der Waals surface area contributed by atoms with Gasteiger partial charge in [-0.25, -0.2) is 0 Å². The second-order valence-corrected chi connectivity index (χ2v) is 5.15. The summed E-state index contributed by atoms with van der Waals surface area (Å²) < 4.78 is 0. The van der Waals surface area contributed by atoms with Crippen molar-refractivity contribution >= 4 is 18.3 Å². The Balaban J connectivity index is 0.00000162. The van der Waals surface area contributed by atoms with Gasteiger partial charge < -0.3 is 10.6 Å². The number of H-pyrrole nitrogens is 1. The molecule has 5 nitrogen and oxygen atoms in total. The summed E-state index contributed by atoms with van der Waals surface area (Å²) in [7, 11) is 0. The molecule has 1 aromatic heterocycles. The molecule has 3 N–H and O–H groups in total. The van der Waals surface area contributed by atoms with E-state index in [1.165, 1.54) is 0 Å². The highest BCUT2D eigenvalue weighted by atomic mass is 35.5. The predicted molar refractivity (Wildman–Crippen MR) is 73.1 cm³/mol. The lowest BCUT2D eigenvalue weighted by atomic mass is 10.0. The number of nitrogens with one attached hydrogen (secondary N) is 3. The molecule has 1 aromatic rings. The number of hydrogen-bond donors (Lipinski definition) is 3. The number of carbonyl (C=O) groups is 1. The van der Waals surface area contributed by atoms with Crippen LogP contribution < -0.4 is 10.6 Å². The van der Waals surface area contributed by atoms with Crippen molar-refractivity contribution in [3.8, 4) is 0 Å². The molecule has 1 amide bonds. The van der Waals surface area contributed by atoms with Crippen molar-refractivity contribution in [3.63, 3.8) is 0 Å². The number of nitrogens with zero attached hydrogens (tertiary/aromatic N) is 1. The van der Waals surface area contributed by atoms with E-state index in [1.807, 2.05) is 13.8 Å². The minimum Gasteiger partial charge on any atom is -0.346 e. The minimum absolute atomic E-state index is 0. The molecule has 2 heterocycles. The average Bonchev–Trinajstić information content (AvgIpc) is 2.72. The van der Waals surface area contributed by atoms with Crippen LogP contribution in [0.4, 0.5) is 0 Å². The van der Waals surface area contributed by atoms with Crippen LogP contribution in [0.25, 0.3) is 0 Å². The Labute approximate surface area is 114 Å². The van der Waals surface area contributed by atoms with Gasteiger partial charge in [-0.1, -0.05) is 6.92 Å². The molecule has 0 radical (unpaired) electrons. The molecule has 2 rings (SSSR count). The van der Waals surface area contributed by atoms with Crippen LogP contribution in [0, 0.1) is 0 Å². The summed E-state index contributed by atoms with van der Waals surface area (Å²) in [5, 5.41) is 13.4. The van der Waals surface area contributed by atoms with E-state index >= 15 is 0 Å². The Morgan fingerprint density at radius 2 is 2.22 bits per heavy atom. The van der Waals surface area contributed by atoms with Gasteiger partial charge in [-0.2, -0.15) is 5.10 Å². The SMILES string of the molecule is CCC(C)(C)NC(=O)c1n[nH]c2c1CNCC2.Cl. The van der Waals surface area contributed by atoms with Crippen LogP contribution in [-0.4, -0.2) is 28.2 Å². The molecule has 0 fully saturated rings. The summed E-state index contributed by atoms with van der Waals surface area (Å²) in [6.45, 7) is 7.75. The maximum Gasteiger partial charge on any atom is 0.272 e. The van der Waals surface area contributed by atoms with Gasteiger partial charge in [-0.3, -0.25) is 9.89 Å². The lowest BCUT2D eigenvalue weighted by Crippen LogP contribution is -2.43. The van der Waals surface area contributed by atoms with Crippen LogP contribution in [-0.2, 0) is 13.0 Å². The van der Waals surface area contributed by atoms with Crippen molar-refractivity contribution < 1.29 is 4.79 Å². The normalized spacial score (nSPS) is 14.6. The molecule has 0 aliphatic carbocycles. The van der Waals surface area contributed by atoms with Crippen molar-refractivity contribution in [2.24, 2.45) is 0 Å². The van der Waals surface area contributed by atoms with E-state index in [0.29, 0.717) is 5.69 Å². The second kappa shape index (κ2) is 5.71. The summed E-state index contributed by atoms with van der Waals surface area (Å²) >= 11 is 0. The average molecular weight is 273 g/mol. The van der Waals surface area contributed by atoms with Crippen LogP contribution in [0.1, 0.15) is 48.9 Å². The van der Waals surface area contributed by atoms with E-state index < -0.39 is 0 Å². The summed E-state index contributed by atoms with van der Waals surface area (Å²) in [4.78, 5) is 12.1. The Bertz CT molecular complexity index is 428. The van der Waals surface area contributed by atoms with Gasteiger partial charge in [-0.15, -0.1) is 12.4 Å². The number of fused-ring (bicyclic) bond motifs is 1. The van der Waals surface area contributed by atoms with Crippen molar-refractivity contribution in [3.05, 3.63) is 17.0 Å². The standard InChI is InChI=1S/C12H20N4O.ClH/c1-4-12(2,3)14-11(17)10-8-7-13-6-5-9(8)15-16-10;/h13H,4-7H2,1-3H3,(H,14,17)(H,15,16);1H. The molecule has 0 atom stereocenters. The molecule has 0 bridgehead atoms. The number of carbonyl (C=O) groups excluding carboxylic acids is 1. The zero-order chi connectivity index (χ0) is 12.5. The Morgan fingerprint density at radius 3 is 2.89 bits per heavy atom. The second-order valence-electron chi connectivity index (χ2n) is 5.15. The lowest BCUT2D eigenvalue weighted by Gasteiger charge is -2.24. The van der Waals surface area contributed by atoms with Gasteiger partial charge in [0.05, 0.1) is 0 Å². The lowest BCUT2D eigenvalue weighted by molar-refractivity contribution is 0.0905. The maximum absolute atomic E-state index is 12.1. The van der Waals surface area contributed by atoms with Crippen LogP contribution >= 0.6 is 12.4 Å². The van der Waals surface area contributed by atoms with Gasteiger partial charge in [0.15, 0.2) is 5.69 Å². The topological polar surface area (TPSA) is 69.8 Å². The first kappa shape index (κ1) is 15.0. The van der Waals surface area contributed by atoms with E-state index in [4.69, 9.17) is 0 Å². The van der Waals surface area contributed by atoms with Gasteiger partial charge in [0, 0.05) is 36.3 Å². The summed E-state index contributed by atoms with van der Waals surface area (Å²) in [5.41, 5.74) is 2.45. The fourth-order valence-electron chi connectivity index (χ4n) is 1.87. The van der Waals surface area contributed by atoms with E-state index in [1.54, 1.807) is 0 Å². The number of aromatic amines is 1. The predicted octanol–water partition coefficient (Wildman–Crippen LogP) is 1.40. The number of amides is 1. The van der Waals surface area contributed by atoms with Gasteiger partial charge in [-0.05, 0) is 20.3 Å². The molecule has 1 aliphatic heterocycles. The summed E-state index contributed by atoms with van der Waals surface area (Å²) in [6, 6.07) is 0. The zero-order valence-corrected chi connectivity index (χ0v) is 11.9. The van der Waals surface area contributed by atoms with Gasteiger partial charge in [0.2, 0.25) is 0 Å². The zero-order valence-electron chi connectivity index (χ0n) is 11.1. The molecule has 0 saturated carbocycles. The fraction of sp³-hybridized carbons (Fsp3) is 0.667. The highest BCUT2D eigenvalue weighted by Gasteiger charge is 2.25. The minimum atomic E-state index is -0.189. The van der Waals surface area contributed by atoms with E-state index in [-0.39, 0.29) is 23.9 Å². The highest BCUT2D eigenvalue weighted by Crippen LogP contribution is 2.16. The largest absolute Gasteiger partial charge is 0.346 e. The molecule has 18 heavy (non-hydrogen) atoms. The number of hydrogen-bond acceptors (Lipinski definition) is 3. The maximum atomic E-state index is 12.1. The number of halogens is 1. The van der Waals surface area contributed by atoms with Crippen molar-refractivity contribution in [2.75, 3.05) is 6.54 Å². The molecular weight excluding hydrogens is 252 g/mol. The third-order valence-electron chi connectivity index (χ3n) is 3.36. The van der Waals surface area contributed by atoms with E-state index in [9.17, 15) is 4.79 Å². The fourth-order valence-corrected chi connectivity index (χ4v) is 1.87. The number of aromatic nitrogens is 2. The van der Waals surface area contributed by atoms with Crippen LogP contribution in [0.15, 0.2) is 0 Å². The molecule has 6 heteroatoms. The van der Waals surface area contributed by atoms with Crippen molar-refractivity contribution in [1.29, 1.82) is 0 Å². The quantitative estimate of drug-likeness (QED) is 0.779. The first-order chi connectivity index (χ1) is 8.03. The molecule has 0 unspecified atom stereocenters. The molecular formula is C12H21ClN4O. The van der Waals surface area contributed by atoms with E-state index in [2.05, 4.69) is 27.8 Å². The van der Waals surface area contributed by atoms with Gasteiger partial charge >= 0.3 is 0 Å². The number of rotatable bonds is 3. The Morgan fingerprint density at radius 1 is 1.50 bits per heavy atom. The summed E-state index contributed by atoms with van der Waals surface area (Å²) in [6.07, 6.45) is 1.80. The Kier molecular flexibility index (Phi) is 4.76. The van der Waals surface area contributed by atoms with Crippen LogP contribution in [0.5, 0.6) is 0 Å². The molecule has 1 aliphatic rings. The van der Waals surface area contributed by atoms with E-state index in [0.717, 1.165) is 37.2 Å². The third-order valence-corrected chi connectivity index (χ3v) is 3.36. The van der Waals surface area contributed by atoms with Crippen molar-refractivity contribution in [1.82, 2.24) is 20.8 Å². The van der Waals surface area contributed by atoms with Crippen LogP contribution in [0.3, 0.4) is 0 Å². The Hall–Kier alpha value is -1.07. The summed E-state index contributed by atoms with van der Waals surface area (Å²) in [5.74, 6) is -0.0851. The van der Waals surface area contributed by atoms with Gasteiger partial charge in [0.25, 0.3) is 5.91 Å². The molecule has 0 spiro atoms. The molecule has 0 aromatic carbocycles. The molecule has 102 valence electrons.